The van der Waals surface area contributed by atoms with Gasteiger partial charge in [-0.1, -0.05) is 30.3 Å². The van der Waals surface area contributed by atoms with Gasteiger partial charge in [0.05, 0.1) is 10.9 Å². The van der Waals surface area contributed by atoms with Gasteiger partial charge in [-0.15, -0.1) is 11.3 Å². The van der Waals surface area contributed by atoms with Crippen LogP contribution in [0.4, 0.5) is 0 Å². The molecule has 1 unspecified atom stereocenters. The summed E-state index contributed by atoms with van der Waals surface area (Å²) in [6, 6.07) is 11.7. The summed E-state index contributed by atoms with van der Waals surface area (Å²) < 4.78 is 0. The molecular formula is C17H21NO2S. The Morgan fingerprint density at radius 2 is 1.95 bits per heavy atom. The number of carbonyl (C=O) groups is 1. The molecule has 1 heterocycles. The van der Waals surface area contributed by atoms with Gasteiger partial charge in [-0.05, 0) is 37.5 Å². The number of benzene rings is 1. The van der Waals surface area contributed by atoms with E-state index >= 15 is 0 Å². The maximum atomic E-state index is 12.7. The van der Waals surface area contributed by atoms with Gasteiger partial charge < -0.3 is 10.0 Å². The van der Waals surface area contributed by atoms with Crippen molar-refractivity contribution in [3.05, 3.63) is 57.3 Å². The standard InChI is InChI=1S/C17H21NO2S/c1-12-11-16(21-13(12)2)17(20)18(3)15(9-10-19)14-7-5-4-6-8-14/h4-8,11,15,19H,9-10H2,1-3H3. The van der Waals surface area contributed by atoms with Crippen molar-refractivity contribution in [1.82, 2.24) is 4.90 Å². The number of nitrogens with zero attached hydrogens (tertiary/aromatic N) is 1. The highest BCUT2D eigenvalue weighted by Gasteiger charge is 2.23. The molecular weight excluding hydrogens is 282 g/mol. The third-order valence-electron chi connectivity index (χ3n) is 3.75. The van der Waals surface area contributed by atoms with Crippen LogP contribution in [0.2, 0.25) is 0 Å². The second-order valence-electron chi connectivity index (χ2n) is 5.20. The number of aryl methyl sites for hydroxylation is 2. The molecule has 1 atom stereocenters. The van der Waals surface area contributed by atoms with Crippen LogP contribution in [0.5, 0.6) is 0 Å². The van der Waals surface area contributed by atoms with E-state index < -0.39 is 0 Å². The van der Waals surface area contributed by atoms with Crippen molar-refractivity contribution in [3.8, 4) is 0 Å². The normalized spacial score (nSPS) is 12.2. The molecule has 0 saturated heterocycles. The van der Waals surface area contributed by atoms with E-state index in [2.05, 4.69) is 0 Å². The highest BCUT2D eigenvalue weighted by Crippen LogP contribution is 2.27. The smallest absolute Gasteiger partial charge is 0.264 e. The summed E-state index contributed by atoms with van der Waals surface area (Å²) in [5.41, 5.74) is 2.20. The lowest BCUT2D eigenvalue weighted by molar-refractivity contribution is 0.0710. The Bertz CT molecular complexity index is 587. The average molecular weight is 303 g/mol. The molecule has 0 fully saturated rings. The highest BCUT2D eigenvalue weighted by atomic mass is 32.1. The molecule has 112 valence electrons. The average Bonchev–Trinajstić information content (AvgIpc) is 2.84. The van der Waals surface area contributed by atoms with Gasteiger partial charge in [-0.3, -0.25) is 4.79 Å². The topological polar surface area (TPSA) is 40.5 Å². The van der Waals surface area contributed by atoms with E-state index in [1.54, 1.807) is 11.9 Å². The Hall–Kier alpha value is -1.65. The van der Waals surface area contributed by atoms with Gasteiger partial charge >= 0.3 is 0 Å². The van der Waals surface area contributed by atoms with E-state index in [1.807, 2.05) is 50.2 Å². The molecule has 1 amide bonds. The van der Waals surface area contributed by atoms with Crippen molar-refractivity contribution >= 4 is 17.2 Å². The number of aliphatic hydroxyl groups is 1. The molecule has 0 radical (unpaired) electrons. The summed E-state index contributed by atoms with van der Waals surface area (Å²) >= 11 is 1.53. The van der Waals surface area contributed by atoms with Crippen LogP contribution in [0.3, 0.4) is 0 Å². The van der Waals surface area contributed by atoms with Crippen LogP contribution in [0.25, 0.3) is 0 Å². The van der Waals surface area contributed by atoms with E-state index in [4.69, 9.17) is 0 Å². The third-order valence-corrected chi connectivity index (χ3v) is 4.89. The molecule has 4 heteroatoms. The second-order valence-corrected chi connectivity index (χ2v) is 6.46. The second kappa shape index (κ2) is 6.87. The summed E-state index contributed by atoms with van der Waals surface area (Å²) in [5.74, 6) is 0.0125. The largest absolute Gasteiger partial charge is 0.396 e. The Labute approximate surface area is 129 Å². The molecule has 0 aliphatic carbocycles. The minimum absolute atomic E-state index is 0.0125. The van der Waals surface area contributed by atoms with Crippen LogP contribution < -0.4 is 0 Å². The highest BCUT2D eigenvalue weighted by molar-refractivity contribution is 7.14. The fourth-order valence-corrected chi connectivity index (χ4v) is 3.39. The van der Waals surface area contributed by atoms with E-state index in [9.17, 15) is 9.90 Å². The fraction of sp³-hybridized carbons (Fsp3) is 0.353. The predicted octanol–water partition coefficient (Wildman–Crippen LogP) is 3.56. The van der Waals surface area contributed by atoms with Crippen molar-refractivity contribution in [3.63, 3.8) is 0 Å². The predicted molar refractivity (Wildman–Crippen MR) is 86.8 cm³/mol. The number of thiophene rings is 1. The molecule has 1 N–H and O–H groups in total. The van der Waals surface area contributed by atoms with Gasteiger partial charge in [-0.25, -0.2) is 0 Å². The van der Waals surface area contributed by atoms with Crippen molar-refractivity contribution in [2.24, 2.45) is 0 Å². The number of hydrogen-bond acceptors (Lipinski definition) is 3. The van der Waals surface area contributed by atoms with Gasteiger partial charge in [0.25, 0.3) is 5.91 Å². The first kappa shape index (κ1) is 15.7. The molecule has 21 heavy (non-hydrogen) atoms. The minimum atomic E-state index is -0.105. The number of aliphatic hydroxyl groups excluding tert-OH is 1. The summed E-state index contributed by atoms with van der Waals surface area (Å²) in [6.45, 7) is 4.10. The van der Waals surface area contributed by atoms with Gasteiger partial charge in [0.2, 0.25) is 0 Å². The van der Waals surface area contributed by atoms with Crippen LogP contribution in [-0.2, 0) is 0 Å². The lowest BCUT2D eigenvalue weighted by Crippen LogP contribution is -2.31. The SMILES string of the molecule is Cc1cc(C(=O)N(C)C(CCO)c2ccccc2)sc1C. The molecule has 2 aromatic rings. The quantitative estimate of drug-likeness (QED) is 0.917. The van der Waals surface area contributed by atoms with Crippen molar-refractivity contribution in [2.45, 2.75) is 26.3 Å². The molecule has 0 spiro atoms. The maximum absolute atomic E-state index is 12.7. The van der Waals surface area contributed by atoms with Crippen molar-refractivity contribution in [2.75, 3.05) is 13.7 Å². The zero-order valence-electron chi connectivity index (χ0n) is 12.7. The first-order valence-electron chi connectivity index (χ1n) is 7.04. The fourth-order valence-electron chi connectivity index (χ4n) is 2.38. The van der Waals surface area contributed by atoms with Gasteiger partial charge in [-0.2, -0.15) is 0 Å². The zero-order valence-corrected chi connectivity index (χ0v) is 13.5. The summed E-state index contributed by atoms with van der Waals surface area (Å²) in [6.07, 6.45) is 0.537. The van der Waals surface area contributed by atoms with Gasteiger partial charge in [0.1, 0.15) is 0 Å². The van der Waals surface area contributed by atoms with Crippen LogP contribution in [0, 0.1) is 13.8 Å². The van der Waals surface area contributed by atoms with Crippen molar-refractivity contribution in [1.29, 1.82) is 0 Å². The van der Waals surface area contributed by atoms with Crippen LogP contribution in [0.15, 0.2) is 36.4 Å². The molecule has 0 aliphatic rings. The molecule has 2 rings (SSSR count). The van der Waals surface area contributed by atoms with Crippen LogP contribution in [-0.4, -0.2) is 29.6 Å². The summed E-state index contributed by atoms with van der Waals surface area (Å²) in [7, 11) is 1.81. The maximum Gasteiger partial charge on any atom is 0.264 e. The van der Waals surface area contributed by atoms with E-state index in [1.165, 1.54) is 16.2 Å². The molecule has 0 aliphatic heterocycles. The Morgan fingerprint density at radius 3 is 2.48 bits per heavy atom. The first-order chi connectivity index (χ1) is 10.0. The van der Waals surface area contributed by atoms with Gasteiger partial charge in [0.15, 0.2) is 0 Å². The van der Waals surface area contributed by atoms with Crippen molar-refractivity contribution < 1.29 is 9.90 Å². The number of hydrogen-bond donors (Lipinski definition) is 1. The summed E-state index contributed by atoms with van der Waals surface area (Å²) in [5, 5.41) is 9.31. The number of rotatable bonds is 5. The molecule has 0 saturated carbocycles. The Morgan fingerprint density at radius 1 is 1.29 bits per heavy atom. The molecule has 0 bridgehead atoms. The first-order valence-corrected chi connectivity index (χ1v) is 7.86. The zero-order chi connectivity index (χ0) is 15.4. The monoisotopic (exact) mass is 303 g/mol. The lowest BCUT2D eigenvalue weighted by atomic mass is 10.0. The van der Waals surface area contributed by atoms with Crippen LogP contribution >= 0.6 is 11.3 Å². The Balaban J connectivity index is 2.26. The lowest BCUT2D eigenvalue weighted by Gasteiger charge is -2.28. The molecule has 1 aromatic heterocycles. The third kappa shape index (κ3) is 3.52. The molecule has 3 nitrogen and oxygen atoms in total. The van der Waals surface area contributed by atoms with Gasteiger partial charge in [0, 0.05) is 18.5 Å². The van der Waals surface area contributed by atoms with E-state index in [0.717, 1.165) is 16.0 Å². The molecule has 1 aromatic carbocycles. The van der Waals surface area contributed by atoms with E-state index in [0.29, 0.717) is 6.42 Å². The Kier molecular flexibility index (Phi) is 5.15. The summed E-state index contributed by atoms with van der Waals surface area (Å²) in [4.78, 5) is 16.3. The van der Waals surface area contributed by atoms with Crippen LogP contribution in [0.1, 0.15) is 38.1 Å². The number of carbonyl (C=O) groups excluding carboxylic acids is 1. The number of amides is 1. The van der Waals surface area contributed by atoms with E-state index in [-0.39, 0.29) is 18.6 Å². The minimum Gasteiger partial charge on any atom is -0.396 e.